The molecule has 0 atom stereocenters. The summed E-state index contributed by atoms with van der Waals surface area (Å²) in [6.07, 6.45) is 0.345. The molecule has 2 N–H and O–H groups in total. The van der Waals surface area contributed by atoms with Crippen LogP contribution in [0.15, 0.2) is 35.3 Å². The van der Waals surface area contributed by atoms with E-state index in [2.05, 4.69) is 15.7 Å². The van der Waals surface area contributed by atoms with Crippen molar-refractivity contribution in [2.75, 3.05) is 10.3 Å². The number of anilines is 2. The van der Waals surface area contributed by atoms with E-state index in [0.29, 0.717) is 33.7 Å². The number of aliphatic imine (C=N–C) groups is 1. The average Bonchev–Trinajstić information content (AvgIpc) is 2.97. The van der Waals surface area contributed by atoms with Gasteiger partial charge in [-0.25, -0.2) is 10.0 Å². The number of nitrogens with zero attached hydrogens (tertiary/aromatic N) is 2. The van der Waals surface area contributed by atoms with E-state index >= 15 is 0 Å². The Kier molecular flexibility index (Phi) is 6.35. The van der Waals surface area contributed by atoms with Crippen LogP contribution >= 0.6 is 46.4 Å². The fourth-order valence-corrected chi connectivity index (χ4v) is 3.66. The Morgan fingerprint density at radius 1 is 1.14 bits per heavy atom. The highest BCUT2D eigenvalue weighted by atomic mass is 35.5. The van der Waals surface area contributed by atoms with Gasteiger partial charge in [0.05, 0.1) is 27.2 Å². The van der Waals surface area contributed by atoms with Crippen LogP contribution in [0.5, 0.6) is 0 Å². The zero-order chi connectivity index (χ0) is 20.4. The number of nitrogens with one attached hydrogen (secondary N) is 2. The second-order valence-corrected chi connectivity index (χ2v) is 7.52. The van der Waals surface area contributed by atoms with Gasteiger partial charge in [0, 0.05) is 17.1 Å². The lowest BCUT2D eigenvalue weighted by molar-refractivity contribution is -0.117. The lowest BCUT2D eigenvalue weighted by Crippen LogP contribution is -2.36. The van der Waals surface area contributed by atoms with E-state index in [9.17, 15) is 9.59 Å². The Bertz CT molecular complexity index is 971. The van der Waals surface area contributed by atoms with Gasteiger partial charge in [-0.3, -0.25) is 15.0 Å². The van der Waals surface area contributed by atoms with Gasteiger partial charge in [0.15, 0.2) is 0 Å². The van der Waals surface area contributed by atoms with Crippen LogP contribution < -0.4 is 15.8 Å². The van der Waals surface area contributed by atoms with Gasteiger partial charge in [-0.1, -0.05) is 53.3 Å². The van der Waals surface area contributed by atoms with Crippen molar-refractivity contribution < 1.29 is 9.59 Å². The van der Waals surface area contributed by atoms with E-state index in [4.69, 9.17) is 46.4 Å². The molecule has 3 rings (SSSR count). The summed E-state index contributed by atoms with van der Waals surface area (Å²) in [5.41, 5.74) is 4.13. The summed E-state index contributed by atoms with van der Waals surface area (Å²) in [6.45, 7) is 1.75. The van der Waals surface area contributed by atoms with Gasteiger partial charge in [-0.05, 0) is 30.3 Å². The van der Waals surface area contributed by atoms with Gasteiger partial charge < -0.3 is 5.32 Å². The van der Waals surface area contributed by atoms with E-state index in [1.165, 1.54) is 17.1 Å². The number of rotatable bonds is 4. The predicted octanol–water partition coefficient (Wildman–Crippen LogP) is 5.62. The van der Waals surface area contributed by atoms with E-state index in [0.717, 1.165) is 0 Å². The molecule has 10 heteroatoms. The molecule has 1 saturated heterocycles. The molecule has 1 aliphatic heterocycles. The van der Waals surface area contributed by atoms with Crippen LogP contribution in [0.4, 0.5) is 17.1 Å². The molecule has 1 heterocycles. The maximum atomic E-state index is 12.4. The van der Waals surface area contributed by atoms with Gasteiger partial charge >= 0.3 is 0 Å². The molecule has 28 heavy (non-hydrogen) atoms. The third kappa shape index (κ3) is 4.52. The number of hydrogen-bond acceptors (Lipinski definition) is 3. The molecule has 0 spiro atoms. The maximum Gasteiger partial charge on any atom is 0.253 e. The molecule has 2 aromatic rings. The molecule has 0 radical (unpaired) electrons. The van der Waals surface area contributed by atoms with Crippen molar-refractivity contribution in [3.63, 3.8) is 0 Å². The highest BCUT2D eigenvalue weighted by Gasteiger charge is 2.30. The van der Waals surface area contributed by atoms with Crippen molar-refractivity contribution in [3.8, 4) is 0 Å². The van der Waals surface area contributed by atoms with Crippen LogP contribution in [-0.4, -0.2) is 17.6 Å². The molecule has 0 unspecified atom stereocenters. The van der Waals surface area contributed by atoms with Gasteiger partial charge in [-0.15, -0.1) is 0 Å². The largest absolute Gasteiger partial charge is 0.326 e. The van der Waals surface area contributed by atoms with Gasteiger partial charge in [0.1, 0.15) is 11.5 Å². The monoisotopic (exact) mass is 458 g/mol. The molecule has 2 aromatic carbocycles. The van der Waals surface area contributed by atoms with E-state index < -0.39 is 0 Å². The molecule has 146 valence electrons. The number of halogens is 4. The number of carbonyl (C=O) groups is 2. The summed E-state index contributed by atoms with van der Waals surface area (Å²) in [5.74, 6) is -0.0716. The molecular weight excluding hydrogens is 446 g/mol. The Morgan fingerprint density at radius 3 is 2.46 bits per heavy atom. The van der Waals surface area contributed by atoms with Crippen LogP contribution in [0, 0.1) is 0 Å². The number of hydrogen-bond donors (Lipinski definition) is 2. The van der Waals surface area contributed by atoms with Crippen LogP contribution in [0.2, 0.25) is 20.1 Å². The first-order valence-electron chi connectivity index (χ1n) is 8.19. The van der Waals surface area contributed by atoms with Gasteiger partial charge in [-0.2, -0.15) is 0 Å². The third-order valence-electron chi connectivity index (χ3n) is 3.82. The van der Waals surface area contributed by atoms with Crippen LogP contribution in [-0.2, 0) is 9.59 Å². The number of carbonyl (C=O) groups excluding carboxylic acids is 2. The van der Waals surface area contributed by atoms with Crippen molar-refractivity contribution in [3.05, 3.63) is 50.4 Å². The first kappa shape index (κ1) is 20.7. The highest BCUT2D eigenvalue weighted by Crippen LogP contribution is 2.37. The zero-order valence-corrected chi connectivity index (χ0v) is 17.5. The van der Waals surface area contributed by atoms with E-state index in [1.807, 2.05) is 0 Å². The standard InChI is InChI=1S/C18H14Cl4N4O2/c1-2-16(27)23-10-3-4-11(20)14(7-10)24-15-8-17(28)26(25-15)18-12(21)5-9(19)6-13(18)22/h3-7H,2,8H2,1H3,(H,23,27)(H,24,25). The van der Waals surface area contributed by atoms with Crippen LogP contribution in [0.25, 0.3) is 0 Å². The van der Waals surface area contributed by atoms with Crippen molar-refractivity contribution in [1.29, 1.82) is 0 Å². The van der Waals surface area contributed by atoms with E-state index in [-0.39, 0.29) is 34.0 Å². The molecular formula is C18H14Cl4N4O2. The first-order chi connectivity index (χ1) is 13.3. The van der Waals surface area contributed by atoms with Gasteiger partial charge in [0.25, 0.3) is 5.91 Å². The SMILES string of the molecule is CCC(=O)Nc1ccc(Cl)c(N=C2CC(=O)N(c3c(Cl)cc(Cl)cc3Cl)N2)c1. The second kappa shape index (κ2) is 8.57. The molecule has 0 aromatic heterocycles. The number of benzene rings is 2. The Hall–Kier alpha value is -1.99. The minimum Gasteiger partial charge on any atom is -0.326 e. The second-order valence-electron chi connectivity index (χ2n) is 5.86. The highest BCUT2D eigenvalue weighted by molar-refractivity contribution is 6.42. The van der Waals surface area contributed by atoms with Crippen molar-refractivity contribution in [2.24, 2.45) is 4.99 Å². The summed E-state index contributed by atoms with van der Waals surface area (Å²) < 4.78 is 0. The minimum absolute atomic E-state index is 0.00282. The Balaban J connectivity index is 1.89. The summed E-state index contributed by atoms with van der Waals surface area (Å²) in [6, 6.07) is 7.90. The third-order valence-corrected chi connectivity index (χ3v) is 4.93. The molecule has 1 fully saturated rings. The fraction of sp³-hybridized carbons (Fsp3) is 0.167. The van der Waals surface area contributed by atoms with Crippen LogP contribution in [0.3, 0.4) is 0 Å². The minimum atomic E-state index is -0.295. The lowest BCUT2D eigenvalue weighted by atomic mass is 10.2. The molecule has 0 saturated carbocycles. The summed E-state index contributed by atoms with van der Waals surface area (Å²) in [7, 11) is 0. The van der Waals surface area contributed by atoms with E-state index in [1.54, 1.807) is 25.1 Å². The zero-order valence-electron chi connectivity index (χ0n) is 14.5. The van der Waals surface area contributed by atoms with Crippen molar-refractivity contribution in [2.45, 2.75) is 19.8 Å². The quantitative estimate of drug-likeness (QED) is 0.622. The molecule has 2 amide bonds. The Morgan fingerprint density at radius 2 is 1.82 bits per heavy atom. The lowest BCUT2D eigenvalue weighted by Gasteiger charge is -2.19. The smallest absolute Gasteiger partial charge is 0.253 e. The normalized spacial score (nSPS) is 15.1. The topological polar surface area (TPSA) is 73.8 Å². The maximum absolute atomic E-state index is 12.4. The fourth-order valence-electron chi connectivity index (χ4n) is 2.52. The molecule has 6 nitrogen and oxygen atoms in total. The average molecular weight is 460 g/mol. The first-order valence-corrected chi connectivity index (χ1v) is 9.70. The van der Waals surface area contributed by atoms with Crippen molar-refractivity contribution in [1.82, 2.24) is 5.43 Å². The Labute approximate surface area is 181 Å². The number of amides is 2. The van der Waals surface area contributed by atoms with Crippen molar-refractivity contribution >= 4 is 81.1 Å². The predicted molar refractivity (Wildman–Crippen MR) is 114 cm³/mol. The molecule has 0 bridgehead atoms. The van der Waals surface area contributed by atoms with Gasteiger partial charge in [0.2, 0.25) is 5.91 Å². The van der Waals surface area contributed by atoms with Crippen LogP contribution in [0.1, 0.15) is 19.8 Å². The number of hydrazine groups is 1. The molecule has 0 aliphatic carbocycles. The summed E-state index contributed by atoms with van der Waals surface area (Å²) >= 11 is 24.5. The summed E-state index contributed by atoms with van der Waals surface area (Å²) in [5, 5.41) is 5.13. The number of amidine groups is 1. The summed E-state index contributed by atoms with van der Waals surface area (Å²) in [4.78, 5) is 28.4. The molecule has 1 aliphatic rings.